The second-order valence-electron chi connectivity index (χ2n) is 4.49. The molecule has 0 aromatic carbocycles. The van der Waals surface area contributed by atoms with E-state index in [-0.39, 0.29) is 24.0 Å². The quantitative estimate of drug-likeness (QED) is 0.579. The molecule has 1 saturated heterocycles. The molecule has 2 rings (SSSR count). The van der Waals surface area contributed by atoms with Gasteiger partial charge in [0, 0.05) is 13.1 Å². The van der Waals surface area contributed by atoms with Crippen molar-refractivity contribution < 1.29 is 9.90 Å². The van der Waals surface area contributed by atoms with E-state index < -0.39 is 0 Å². The highest BCUT2D eigenvalue weighted by molar-refractivity contribution is 5.80. The van der Waals surface area contributed by atoms with Crippen LogP contribution in [0.5, 0.6) is 0 Å². The Kier molecular flexibility index (Phi) is 2.74. The third-order valence-electron chi connectivity index (χ3n) is 3.40. The molecule has 1 saturated carbocycles. The highest BCUT2D eigenvalue weighted by Gasteiger charge is 2.37. The van der Waals surface area contributed by atoms with E-state index in [1.807, 2.05) is 0 Å². The maximum absolute atomic E-state index is 11.7. The average molecular weight is 198 g/mol. The molecule has 2 fully saturated rings. The minimum absolute atomic E-state index is 0.0822. The summed E-state index contributed by atoms with van der Waals surface area (Å²) in [6.45, 7) is 1.65. The molecule has 0 spiro atoms. The number of carbonyl (C=O) groups excluding carboxylic acids is 1. The van der Waals surface area contributed by atoms with Crippen molar-refractivity contribution in [2.24, 2.45) is 5.92 Å². The van der Waals surface area contributed by atoms with E-state index >= 15 is 0 Å². The molecule has 0 radical (unpaired) electrons. The van der Waals surface area contributed by atoms with Gasteiger partial charge in [-0.2, -0.15) is 0 Å². The molecule has 1 aliphatic heterocycles. The van der Waals surface area contributed by atoms with Crippen molar-refractivity contribution in [2.45, 2.75) is 31.2 Å². The van der Waals surface area contributed by atoms with Gasteiger partial charge in [0.15, 0.2) is 0 Å². The van der Waals surface area contributed by atoms with Gasteiger partial charge in [-0.15, -0.1) is 0 Å². The molecule has 0 atom stereocenters. The normalized spacial score (nSPS) is 25.8. The van der Waals surface area contributed by atoms with Gasteiger partial charge in [-0.05, 0) is 12.8 Å². The largest absolute Gasteiger partial charge is 0.394 e. The lowest BCUT2D eigenvalue weighted by molar-refractivity contribution is -0.129. The molecule has 0 aromatic rings. The van der Waals surface area contributed by atoms with Crippen LogP contribution in [-0.4, -0.2) is 36.2 Å². The summed E-state index contributed by atoms with van der Waals surface area (Å²) < 4.78 is 0. The van der Waals surface area contributed by atoms with Crippen molar-refractivity contribution in [3.05, 3.63) is 0 Å². The first kappa shape index (κ1) is 9.93. The highest BCUT2D eigenvalue weighted by atomic mass is 16.3. The van der Waals surface area contributed by atoms with Crippen molar-refractivity contribution in [3.8, 4) is 0 Å². The number of hydrogen-bond acceptors (Lipinski definition) is 3. The molecular formula is C10H18N2O2. The number of aliphatic hydroxyl groups is 1. The summed E-state index contributed by atoms with van der Waals surface area (Å²) in [5.41, 5.74) is -0.299. The summed E-state index contributed by atoms with van der Waals surface area (Å²) in [6, 6.07) is 0. The summed E-state index contributed by atoms with van der Waals surface area (Å²) in [5.74, 6) is 0.235. The molecule has 0 bridgehead atoms. The Morgan fingerprint density at radius 1 is 1.43 bits per heavy atom. The molecule has 4 heteroatoms. The molecular weight excluding hydrogens is 180 g/mol. The van der Waals surface area contributed by atoms with Crippen LogP contribution in [-0.2, 0) is 4.79 Å². The Morgan fingerprint density at radius 3 is 2.50 bits per heavy atom. The maximum Gasteiger partial charge on any atom is 0.226 e. The van der Waals surface area contributed by atoms with Crippen LogP contribution >= 0.6 is 0 Å². The summed E-state index contributed by atoms with van der Waals surface area (Å²) in [7, 11) is 0. The molecule has 0 unspecified atom stereocenters. The molecule has 14 heavy (non-hydrogen) atoms. The van der Waals surface area contributed by atoms with Gasteiger partial charge < -0.3 is 15.7 Å². The number of nitrogens with one attached hydrogen (secondary N) is 2. The number of hydrogen-bond donors (Lipinski definition) is 3. The molecule has 1 amide bonds. The van der Waals surface area contributed by atoms with Gasteiger partial charge in [0.05, 0.1) is 18.1 Å². The van der Waals surface area contributed by atoms with E-state index in [4.69, 9.17) is 0 Å². The van der Waals surface area contributed by atoms with Gasteiger partial charge >= 0.3 is 0 Å². The zero-order valence-corrected chi connectivity index (χ0v) is 8.38. The molecule has 1 aliphatic carbocycles. The third-order valence-corrected chi connectivity index (χ3v) is 3.40. The second-order valence-corrected chi connectivity index (χ2v) is 4.49. The van der Waals surface area contributed by atoms with Crippen LogP contribution < -0.4 is 10.6 Å². The fourth-order valence-corrected chi connectivity index (χ4v) is 2.21. The van der Waals surface area contributed by atoms with Crippen molar-refractivity contribution in [1.82, 2.24) is 10.6 Å². The smallest absolute Gasteiger partial charge is 0.226 e. The van der Waals surface area contributed by atoms with Crippen molar-refractivity contribution in [2.75, 3.05) is 19.7 Å². The fraction of sp³-hybridized carbons (Fsp3) is 0.900. The Balaban J connectivity index is 1.89. The summed E-state index contributed by atoms with van der Waals surface area (Å²) >= 11 is 0. The van der Waals surface area contributed by atoms with E-state index in [9.17, 15) is 9.90 Å². The van der Waals surface area contributed by atoms with Crippen LogP contribution in [0.25, 0.3) is 0 Å². The van der Waals surface area contributed by atoms with E-state index in [1.54, 1.807) is 0 Å². The van der Waals surface area contributed by atoms with Crippen LogP contribution in [0.1, 0.15) is 25.7 Å². The first-order chi connectivity index (χ1) is 6.76. The third kappa shape index (κ3) is 1.77. The van der Waals surface area contributed by atoms with Gasteiger partial charge in [-0.3, -0.25) is 4.79 Å². The van der Waals surface area contributed by atoms with E-state index in [0.717, 1.165) is 38.8 Å². The standard InChI is InChI=1S/C10H18N2O2/c13-7-10(3-1-2-4-10)12-9(14)8-5-11-6-8/h8,11,13H,1-7H2,(H,12,14). The Hall–Kier alpha value is -0.610. The van der Waals surface area contributed by atoms with Gasteiger partial charge in [0.25, 0.3) is 0 Å². The molecule has 0 aromatic heterocycles. The summed E-state index contributed by atoms with van der Waals surface area (Å²) in [4.78, 5) is 11.7. The Morgan fingerprint density at radius 2 is 2.07 bits per heavy atom. The summed E-state index contributed by atoms with van der Waals surface area (Å²) in [6.07, 6.45) is 4.08. The Labute approximate surface area is 84.1 Å². The fourth-order valence-electron chi connectivity index (χ4n) is 2.21. The minimum atomic E-state index is -0.299. The molecule has 3 N–H and O–H groups in total. The van der Waals surface area contributed by atoms with E-state index in [0.29, 0.717) is 0 Å². The molecule has 1 heterocycles. The number of carbonyl (C=O) groups is 1. The zero-order valence-electron chi connectivity index (χ0n) is 8.38. The number of aliphatic hydroxyl groups excluding tert-OH is 1. The second kappa shape index (κ2) is 3.87. The van der Waals surface area contributed by atoms with Gasteiger partial charge in [-0.25, -0.2) is 0 Å². The average Bonchev–Trinajstić information content (AvgIpc) is 2.50. The van der Waals surface area contributed by atoms with Crippen molar-refractivity contribution in [3.63, 3.8) is 0 Å². The molecule has 2 aliphatic rings. The monoisotopic (exact) mass is 198 g/mol. The lowest BCUT2D eigenvalue weighted by atomic mass is 9.95. The SMILES string of the molecule is O=C(NC1(CO)CCCC1)C1CNC1. The zero-order chi connectivity index (χ0) is 10.0. The van der Waals surface area contributed by atoms with E-state index in [1.165, 1.54) is 0 Å². The van der Waals surface area contributed by atoms with Crippen molar-refractivity contribution in [1.29, 1.82) is 0 Å². The molecule has 80 valence electrons. The van der Waals surface area contributed by atoms with Gasteiger partial charge in [0.1, 0.15) is 0 Å². The van der Waals surface area contributed by atoms with Crippen LogP contribution in [0.3, 0.4) is 0 Å². The van der Waals surface area contributed by atoms with Crippen LogP contribution in [0.2, 0.25) is 0 Å². The predicted molar refractivity (Wildman–Crippen MR) is 52.8 cm³/mol. The Bertz CT molecular complexity index is 220. The minimum Gasteiger partial charge on any atom is -0.394 e. The van der Waals surface area contributed by atoms with Crippen LogP contribution in [0, 0.1) is 5.92 Å². The number of rotatable bonds is 3. The first-order valence-corrected chi connectivity index (χ1v) is 5.39. The summed E-state index contributed by atoms with van der Waals surface area (Å²) in [5, 5.41) is 15.4. The first-order valence-electron chi connectivity index (χ1n) is 5.39. The lowest BCUT2D eigenvalue weighted by Crippen LogP contribution is -2.57. The lowest BCUT2D eigenvalue weighted by Gasteiger charge is -2.33. The van der Waals surface area contributed by atoms with Crippen LogP contribution in [0.15, 0.2) is 0 Å². The predicted octanol–water partition coefficient (Wildman–Crippen LogP) is -0.373. The van der Waals surface area contributed by atoms with Crippen molar-refractivity contribution >= 4 is 5.91 Å². The van der Waals surface area contributed by atoms with Crippen LogP contribution in [0.4, 0.5) is 0 Å². The number of amides is 1. The van der Waals surface area contributed by atoms with Gasteiger partial charge in [0.2, 0.25) is 5.91 Å². The van der Waals surface area contributed by atoms with E-state index in [2.05, 4.69) is 10.6 Å². The van der Waals surface area contributed by atoms with Gasteiger partial charge in [-0.1, -0.05) is 12.8 Å². The highest BCUT2D eigenvalue weighted by Crippen LogP contribution is 2.29. The topological polar surface area (TPSA) is 61.4 Å². The maximum atomic E-state index is 11.7. The molecule has 4 nitrogen and oxygen atoms in total.